The van der Waals surface area contributed by atoms with Gasteiger partial charge in [0.05, 0.1) is 11.5 Å². The minimum atomic E-state index is -3.58. The lowest BCUT2D eigenvalue weighted by Gasteiger charge is -2.13. The number of ether oxygens (including phenoxy) is 2. The standard InChI is InChI=1S/C19H23NO4S/c1-4-23-18-10-15-9-14(3)24-19(15)11-16(18)12-20-25(21,22)17-7-5-13(2)6-8-17/h5-8,10-11,14,20H,4,9,12H2,1-3H3/t14-/m0/s1. The molecule has 25 heavy (non-hydrogen) atoms. The molecule has 2 aromatic rings. The maximum Gasteiger partial charge on any atom is 0.240 e. The summed E-state index contributed by atoms with van der Waals surface area (Å²) in [5.74, 6) is 1.51. The van der Waals surface area contributed by atoms with E-state index in [0.29, 0.717) is 12.4 Å². The molecule has 0 amide bonds. The van der Waals surface area contributed by atoms with E-state index < -0.39 is 10.0 Å². The predicted molar refractivity (Wildman–Crippen MR) is 96.6 cm³/mol. The molecule has 6 heteroatoms. The Morgan fingerprint density at radius 3 is 2.64 bits per heavy atom. The predicted octanol–water partition coefficient (Wildman–Crippen LogP) is 3.20. The highest BCUT2D eigenvalue weighted by molar-refractivity contribution is 7.89. The number of rotatable bonds is 6. The van der Waals surface area contributed by atoms with Crippen LogP contribution in [0.25, 0.3) is 0 Å². The molecule has 0 saturated carbocycles. The Bertz CT molecular complexity index is 860. The van der Waals surface area contributed by atoms with E-state index in [-0.39, 0.29) is 17.5 Å². The van der Waals surface area contributed by atoms with Crippen LogP contribution in [0.5, 0.6) is 11.5 Å². The van der Waals surface area contributed by atoms with E-state index in [2.05, 4.69) is 4.72 Å². The van der Waals surface area contributed by atoms with Crippen LogP contribution in [0.3, 0.4) is 0 Å². The van der Waals surface area contributed by atoms with E-state index in [4.69, 9.17) is 9.47 Å². The highest BCUT2D eigenvalue weighted by Crippen LogP contribution is 2.35. The SMILES string of the molecule is CCOc1cc2c(cc1CNS(=O)(=O)c1ccc(C)cc1)O[C@@H](C)C2. The molecule has 5 nitrogen and oxygen atoms in total. The molecule has 1 aliphatic heterocycles. The number of sulfonamides is 1. The van der Waals surface area contributed by atoms with Crippen molar-refractivity contribution in [3.63, 3.8) is 0 Å². The van der Waals surface area contributed by atoms with Crippen molar-refractivity contribution in [2.24, 2.45) is 0 Å². The zero-order chi connectivity index (χ0) is 18.0. The van der Waals surface area contributed by atoms with Crippen LogP contribution in [0.1, 0.15) is 30.5 Å². The molecule has 134 valence electrons. The van der Waals surface area contributed by atoms with Crippen molar-refractivity contribution in [3.8, 4) is 11.5 Å². The number of hydrogen-bond donors (Lipinski definition) is 1. The molecule has 1 heterocycles. The van der Waals surface area contributed by atoms with Crippen LogP contribution in [-0.2, 0) is 23.0 Å². The summed E-state index contributed by atoms with van der Waals surface area (Å²) in [5, 5.41) is 0. The lowest BCUT2D eigenvalue weighted by molar-refractivity contribution is 0.254. The van der Waals surface area contributed by atoms with Gasteiger partial charge in [0.15, 0.2) is 0 Å². The second-order valence-electron chi connectivity index (χ2n) is 6.27. The van der Waals surface area contributed by atoms with Crippen LogP contribution < -0.4 is 14.2 Å². The Hall–Kier alpha value is -2.05. The Balaban J connectivity index is 1.82. The van der Waals surface area contributed by atoms with E-state index in [1.54, 1.807) is 24.3 Å². The van der Waals surface area contributed by atoms with Gasteiger partial charge in [-0.2, -0.15) is 0 Å². The van der Waals surface area contributed by atoms with E-state index >= 15 is 0 Å². The monoisotopic (exact) mass is 361 g/mol. The molecular weight excluding hydrogens is 338 g/mol. The smallest absolute Gasteiger partial charge is 0.240 e. The Kier molecular flexibility index (Phi) is 5.01. The highest BCUT2D eigenvalue weighted by atomic mass is 32.2. The van der Waals surface area contributed by atoms with Gasteiger partial charge in [0.1, 0.15) is 17.6 Å². The average Bonchev–Trinajstić information content (AvgIpc) is 2.92. The fourth-order valence-corrected chi connectivity index (χ4v) is 3.89. The first-order chi connectivity index (χ1) is 11.9. The normalized spacial score (nSPS) is 16.4. The van der Waals surface area contributed by atoms with Crippen molar-refractivity contribution in [2.45, 2.75) is 44.7 Å². The van der Waals surface area contributed by atoms with Gasteiger partial charge in [-0.25, -0.2) is 13.1 Å². The summed E-state index contributed by atoms with van der Waals surface area (Å²) >= 11 is 0. The first-order valence-corrected chi connectivity index (χ1v) is 9.89. The number of fused-ring (bicyclic) bond motifs is 1. The summed E-state index contributed by atoms with van der Waals surface area (Å²) < 4.78 is 39.1. The van der Waals surface area contributed by atoms with Crippen LogP contribution in [0.2, 0.25) is 0 Å². The first kappa shape index (κ1) is 17.8. The fraction of sp³-hybridized carbons (Fsp3) is 0.368. The molecule has 0 aromatic heterocycles. The summed E-state index contributed by atoms with van der Waals surface area (Å²) in [4.78, 5) is 0.252. The Labute approximate surface area is 149 Å². The summed E-state index contributed by atoms with van der Waals surface area (Å²) in [6.07, 6.45) is 0.967. The summed E-state index contributed by atoms with van der Waals surface area (Å²) in [7, 11) is -3.58. The van der Waals surface area contributed by atoms with E-state index in [9.17, 15) is 8.42 Å². The maximum absolute atomic E-state index is 12.5. The molecule has 1 N–H and O–H groups in total. The third-order valence-electron chi connectivity index (χ3n) is 4.16. The molecule has 0 saturated heterocycles. The zero-order valence-corrected chi connectivity index (χ0v) is 15.5. The zero-order valence-electron chi connectivity index (χ0n) is 14.7. The molecule has 0 bridgehead atoms. The second-order valence-corrected chi connectivity index (χ2v) is 8.04. The number of benzene rings is 2. The van der Waals surface area contributed by atoms with Crippen LogP contribution in [0.4, 0.5) is 0 Å². The van der Waals surface area contributed by atoms with E-state index in [1.165, 1.54) is 0 Å². The Morgan fingerprint density at radius 1 is 1.24 bits per heavy atom. The van der Waals surface area contributed by atoms with Gasteiger partial charge in [-0.1, -0.05) is 17.7 Å². The summed E-state index contributed by atoms with van der Waals surface area (Å²) in [6.45, 7) is 6.51. The van der Waals surface area contributed by atoms with Crippen molar-refractivity contribution in [2.75, 3.05) is 6.61 Å². The van der Waals surface area contributed by atoms with Crippen LogP contribution in [0, 0.1) is 6.92 Å². The Morgan fingerprint density at radius 2 is 1.96 bits per heavy atom. The first-order valence-electron chi connectivity index (χ1n) is 8.40. The topological polar surface area (TPSA) is 64.6 Å². The molecule has 0 fully saturated rings. The van der Waals surface area contributed by atoms with Crippen LogP contribution in [0.15, 0.2) is 41.3 Å². The molecular formula is C19H23NO4S. The third kappa shape index (κ3) is 3.96. The quantitative estimate of drug-likeness (QED) is 0.858. The van der Waals surface area contributed by atoms with E-state index in [1.807, 2.05) is 32.9 Å². The summed E-state index contributed by atoms with van der Waals surface area (Å²) in [5.41, 5.74) is 2.88. The van der Waals surface area contributed by atoms with Gasteiger partial charge in [0.2, 0.25) is 10.0 Å². The van der Waals surface area contributed by atoms with Gasteiger partial charge in [0, 0.05) is 24.1 Å². The van der Waals surface area contributed by atoms with Crippen LogP contribution >= 0.6 is 0 Å². The molecule has 0 unspecified atom stereocenters. The lowest BCUT2D eigenvalue weighted by atomic mass is 10.1. The van der Waals surface area contributed by atoms with Crippen molar-refractivity contribution in [3.05, 3.63) is 53.1 Å². The average molecular weight is 361 g/mol. The van der Waals surface area contributed by atoms with Crippen molar-refractivity contribution in [1.82, 2.24) is 4.72 Å². The molecule has 0 radical (unpaired) electrons. The molecule has 0 aliphatic carbocycles. The fourth-order valence-electron chi connectivity index (χ4n) is 2.88. The molecule has 1 atom stereocenters. The van der Waals surface area contributed by atoms with Gasteiger partial charge in [-0.3, -0.25) is 0 Å². The molecule has 3 rings (SSSR count). The highest BCUT2D eigenvalue weighted by Gasteiger charge is 2.23. The van der Waals surface area contributed by atoms with Gasteiger partial charge < -0.3 is 9.47 Å². The second kappa shape index (κ2) is 7.06. The van der Waals surface area contributed by atoms with E-state index in [0.717, 1.165) is 28.9 Å². The number of nitrogens with one attached hydrogen (secondary N) is 1. The lowest BCUT2D eigenvalue weighted by Crippen LogP contribution is -2.23. The maximum atomic E-state index is 12.5. The van der Waals surface area contributed by atoms with Crippen LogP contribution in [-0.4, -0.2) is 21.1 Å². The van der Waals surface area contributed by atoms with Crippen molar-refractivity contribution < 1.29 is 17.9 Å². The van der Waals surface area contributed by atoms with Gasteiger partial charge in [0.25, 0.3) is 0 Å². The summed E-state index contributed by atoms with van der Waals surface area (Å²) in [6, 6.07) is 10.6. The third-order valence-corrected chi connectivity index (χ3v) is 5.58. The number of aryl methyl sites for hydroxylation is 1. The van der Waals surface area contributed by atoms with Crippen molar-refractivity contribution in [1.29, 1.82) is 0 Å². The minimum Gasteiger partial charge on any atom is -0.494 e. The minimum absolute atomic E-state index is 0.129. The molecule has 0 spiro atoms. The molecule has 1 aliphatic rings. The van der Waals surface area contributed by atoms with Gasteiger partial charge >= 0.3 is 0 Å². The van der Waals surface area contributed by atoms with Crippen molar-refractivity contribution >= 4 is 10.0 Å². The largest absolute Gasteiger partial charge is 0.494 e. The van der Waals surface area contributed by atoms with Gasteiger partial charge in [-0.05, 0) is 45.0 Å². The number of hydrogen-bond acceptors (Lipinski definition) is 4. The van der Waals surface area contributed by atoms with Gasteiger partial charge in [-0.15, -0.1) is 0 Å². The molecule has 2 aromatic carbocycles.